The summed E-state index contributed by atoms with van der Waals surface area (Å²) in [6.07, 6.45) is -4.32. The van der Waals surface area contributed by atoms with E-state index in [0.717, 1.165) is 25.2 Å². The van der Waals surface area contributed by atoms with Gasteiger partial charge in [0, 0.05) is 19.1 Å². The molecule has 1 aromatic rings. The fourth-order valence-electron chi connectivity index (χ4n) is 1.90. The van der Waals surface area contributed by atoms with Gasteiger partial charge in [-0.25, -0.2) is 0 Å². The molecule has 0 radical (unpaired) electrons. The quantitative estimate of drug-likeness (QED) is 0.826. The average molecular weight is 259 g/mol. The molecule has 0 aromatic heterocycles. The van der Waals surface area contributed by atoms with Crippen molar-refractivity contribution in [3.05, 3.63) is 29.8 Å². The van der Waals surface area contributed by atoms with Crippen LogP contribution in [0, 0.1) is 0 Å². The highest BCUT2D eigenvalue weighted by molar-refractivity contribution is 5.30. The number of benzene rings is 1. The summed E-state index contributed by atoms with van der Waals surface area (Å²) >= 11 is 0. The van der Waals surface area contributed by atoms with Gasteiger partial charge in [-0.3, -0.25) is 4.90 Å². The highest BCUT2D eigenvalue weighted by Crippen LogP contribution is 2.32. The molecule has 0 unspecified atom stereocenters. The molecule has 1 saturated heterocycles. The molecule has 0 amide bonds. The van der Waals surface area contributed by atoms with Crippen molar-refractivity contribution in [3.63, 3.8) is 0 Å². The first-order valence-electron chi connectivity index (χ1n) is 5.94. The Labute approximate surface area is 104 Å². The van der Waals surface area contributed by atoms with Gasteiger partial charge in [0.1, 0.15) is 11.9 Å². The summed E-state index contributed by atoms with van der Waals surface area (Å²) < 4.78 is 43.0. The fraction of sp³-hybridized carbons (Fsp3) is 0.538. The molecule has 1 heterocycles. The van der Waals surface area contributed by atoms with Crippen LogP contribution in [0.15, 0.2) is 24.3 Å². The van der Waals surface area contributed by atoms with Gasteiger partial charge in [0.15, 0.2) is 0 Å². The van der Waals surface area contributed by atoms with E-state index in [9.17, 15) is 13.2 Å². The second-order valence-electron chi connectivity index (χ2n) is 4.81. The standard InChI is InChI=1S/C13H16F3NO/c1-9(2)17-7-12(8-17)18-11-5-3-4-10(6-11)13(14,15)16/h3-6,9,12H,7-8H2,1-2H3. The maximum Gasteiger partial charge on any atom is 0.416 e. The normalized spacial score (nSPS) is 17.9. The van der Waals surface area contributed by atoms with Gasteiger partial charge in [0.25, 0.3) is 0 Å². The minimum atomic E-state index is -4.32. The number of rotatable bonds is 3. The van der Waals surface area contributed by atoms with E-state index >= 15 is 0 Å². The zero-order chi connectivity index (χ0) is 13.3. The third-order valence-electron chi connectivity index (χ3n) is 3.07. The lowest BCUT2D eigenvalue weighted by molar-refractivity contribution is -0.137. The Hall–Kier alpha value is -1.23. The largest absolute Gasteiger partial charge is 0.488 e. The molecule has 2 nitrogen and oxygen atoms in total. The van der Waals surface area contributed by atoms with Gasteiger partial charge in [-0.2, -0.15) is 13.2 Å². The third-order valence-corrected chi connectivity index (χ3v) is 3.07. The van der Waals surface area contributed by atoms with Crippen molar-refractivity contribution < 1.29 is 17.9 Å². The number of nitrogens with zero attached hydrogens (tertiary/aromatic N) is 1. The fourth-order valence-corrected chi connectivity index (χ4v) is 1.90. The molecule has 5 heteroatoms. The Morgan fingerprint density at radius 3 is 2.50 bits per heavy atom. The molecule has 1 aliphatic rings. The number of likely N-dealkylation sites (tertiary alicyclic amines) is 1. The SMILES string of the molecule is CC(C)N1CC(Oc2cccc(C(F)(F)F)c2)C1. The topological polar surface area (TPSA) is 12.5 Å². The smallest absolute Gasteiger partial charge is 0.416 e. The summed E-state index contributed by atoms with van der Waals surface area (Å²) in [6.45, 7) is 5.71. The molecular formula is C13H16F3NO. The predicted octanol–water partition coefficient (Wildman–Crippen LogP) is 3.18. The highest BCUT2D eigenvalue weighted by atomic mass is 19.4. The first-order chi connectivity index (χ1) is 8.36. The number of alkyl halides is 3. The van der Waals surface area contributed by atoms with Gasteiger partial charge in [-0.15, -0.1) is 0 Å². The lowest BCUT2D eigenvalue weighted by Gasteiger charge is -2.41. The molecule has 1 fully saturated rings. The zero-order valence-corrected chi connectivity index (χ0v) is 10.4. The average Bonchev–Trinajstić information content (AvgIpc) is 2.21. The van der Waals surface area contributed by atoms with Gasteiger partial charge in [0.2, 0.25) is 0 Å². The van der Waals surface area contributed by atoms with E-state index in [0.29, 0.717) is 11.8 Å². The number of hydrogen-bond donors (Lipinski definition) is 0. The minimum Gasteiger partial charge on any atom is -0.488 e. The molecule has 1 aliphatic heterocycles. The van der Waals surface area contributed by atoms with E-state index in [-0.39, 0.29) is 6.10 Å². The second kappa shape index (κ2) is 4.80. The van der Waals surface area contributed by atoms with E-state index < -0.39 is 11.7 Å². The summed E-state index contributed by atoms with van der Waals surface area (Å²) in [5, 5.41) is 0. The van der Waals surface area contributed by atoms with E-state index in [1.165, 1.54) is 6.07 Å². The Kier molecular flexibility index (Phi) is 3.52. The molecule has 0 N–H and O–H groups in total. The molecule has 18 heavy (non-hydrogen) atoms. The van der Waals surface area contributed by atoms with Crippen molar-refractivity contribution in [2.45, 2.75) is 32.2 Å². The molecule has 0 bridgehead atoms. The van der Waals surface area contributed by atoms with Crippen molar-refractivity contribution in [2.75, 3.05) is 13.1 Å². The molecule has 0 saturated carbocycles. The van der Waals surface area contributed by atoms with Crippen molar-refractivity contribution >= 4 is 0 Å². The number of hydrogen-bond acceptors (Lipinski definition) is 2. The van der Waals surface area contributed by atoms with Crippen molar-refractivity contribution in [1.82, 2.24) is 4.90 Å². The zero-order valence-electron chi connectivity index (χ0n) is 10.4. The summed E-state index contributed by atoms with van der Waals surface area (Å²) in [5.74, 6) is 0.290. The Bertz CT molecular complexity index is 411. The first kappa shape index (κ1) is 13.2. The molecule has 0 spiro atoms. The second-order valence-corrected chi connectivity index (χ2v) is 4.81. The van der Waals surface area contributed by atoms with Crippen LogP contribution in [0.2, 0.25) is 0 Å². The Balaban J connectivity index is 1.95. The van der Waals surface area contributed by atoms with Crippen LogP contribution in [0.5, 0.6) is 5.75 Å². The predicted molar refractivity (Wildman–Crippen MR) is 62.6 cm³/mol. The lowest BCUT2D eigenvalue weighted by Crippen LogP contribution is -2.56. The number of ether oxygens (including phenoxy) is 1. The Morgan fingerprint density at radius 1 is 1.28 bits per heavy atom. The summed E-state index contributed by atoms with van der Waals surface area (Å²) in [7, 11) is 0. The van der Waals surface area contributed by atoms with Crippen LogP contribution in [0.1, 0.15) is 19.4 Å². The summed E-state index contributed by atoms with van der Waals surface area (Å²) in [5.41, 5.74) is -0.667. The van der Waals surface area contributed by atoms with Crippen LogP contribution < -0.4 is 4.74 Å². The minimum absolute atomic E-state index is 0.00381. The summed E-state index contributed by atoms with van der Waals surface area (Å²) in [4.78, 5) is 2.21. The van der Waals surface area contributed by atoms with Crippen LogP contribution >= 0.6 is 0 Å². The maximum absolute atomic E-state index is 12.5. The van der Waals surface area contributed by atoms with Crippen molar-refractivity contribution in [2.24, 2.45) is 0 Å². The van der Waals surface area contributed by atoms with E-state index in [4.69, 9.17) is 4.74 Å². The van der Waals surface area contributed by atoms with Crippen molar-refractivity contribution in [1.29, 1.82) is 0 Å². The van der Waals surface area contributed by atoms with Gasteiger partial charge < -0.3 is 4.74 Å². The van der Waals surface area contributed by atoms with Gasteiger partial charge in [-0.05, 0) is 32.0 Å². The number of halogens is 3. The van der Waals surface area contributed by atoms with E-state index in [2.05, 4.69) is 18.7 Å². The van der Waals surface area contributed by atoms with Gasteiger partial charge >= 0.3 is 6.18 Å². The lowest BCUT2D eigenvalue weighted by atomic mass is 10.1. The third kappa shape index (κ3) is 2.96. The maximum atomic E-state index is 12.5. The van der Waals surface area contributed by atoms with Gasteiger partial charge in [-0.1, -0.05) is 6.07 Å². The first-order valence-corrected chi connectivity index (χ1v) is 5.94. The van der Waals surface area contributed by atoms with Crippen LogP contribution in [-0.2, 0) is 6.18 Å². The monoisotopic (exact) mass is 259 g/mol. The molecule has 0 aliphatic carbocycles. The molecule has 0 atom stereocenters. The van der Waals surface area contributed by atoms with Crippen LogP contribution in [-0.4, -0.2) is 30.1 Å². The molecule has 2 rings (SSSR count). The van der Waals surface area contributed by atoms with Crippen LogP contribution in [0.25, 0.3) is 0 Å². The molecule has 100 valence electrons. The highest BCUT2D eigenvalue weighted by Gasteiger charge is 2.32. The summed E-state index contributed by atoms with van der Waals surface area (Å²) in [6, 6.07) is 5.49. The Morgan fingerprint density at radius 2 is 1.94 bits per heavy atom. The van der Waals surface area contributed by atoms with Gasteiger partial charge in [0.05, 0.1) is 5.56 Å². The molecular weight excluding hydrogens is 243 g/mol. The molecule has 1 aromatic carbocycles. The van der Waals surface area contributed by atoms with E-state index in [1.54, 1.807) is 6.07 Å². The van der Waals surface area contributed by atoms with E-state index in [1.807, 2.05) is 0 Å². The van der Waals surface area contributed by atoms with Crippen molar-refractivity contribution in [3.8, 4) is 5.75 Å². The van der Waals surface area contributed by atoms with Crippen LogP contribution in [0.3, 0.4) is 0 Å². The van der Waals surface area contributed by atoms with Crippen LogP contribution in [0.4, 0.5) is 13.2 Å².